The molecule has 1 heterocycles. The Labute approximate surface area is 175 Å². The van der Waals surface area contributed by atoms with Gasteiger partial charge in [0.15, 0.2) is 9.84 Å². The summed E-state index contributed by atoms with van der Waals surface area (Å²) in [6.07, 6.45) is 1.07. The van der Waals surface area contributed by atoms with Crippen LogP contribution in [0.15, 0.2) is 56.7 Å². The minimum absolute atomic E-state index is 0.00698. The molecule has 2 aromatic carbocycles. The first-order valence-electron chi connectivity index (χ1n) is 8.85. The highest BCUT2D eigenvalue weighted by molar-refractivity contribution is 9.10. The number of halogens is 1. The second-order valence-corrected chi connectivity index (χ2v) is 11.7. The van der Waals surface area contributed by atoms with Crippen molar-refractivity contribution < 1.29 is 16.8 Å². The van der Waals surface area contributed by atoms with E-state index >= 15 is 0 Å². The fourth-order valence-corrected chi connectivity index (χ4v) is 6.30. The highest BCUT2D eigenvalue weighted by atomic mass is 79.9. The van der Waals surface area contributed by atoms with E-state index in [-0.39, 0.29) is 9.79 Å². The standard InChI is InChI=1S/C19H23BrN2O4S2/c1-15-5-3-4-6-16(15)14-21-9-11-22(12-10-21)28(25,26)19-13-17(27(2,23)24)7-8-18(19)20/h3-8,13H,9-12,14H2,1-2H3. The van der Waals surface area contributed by atoms with Crippen LogP contribution in [0.4, 0.5) is 0 Å². The van der Waals surface area contributed by atoms with Gasteiger partial charge in [0, 0.05) is 43.5 Å². The predicted octanol–water partition coefficient (Wildman–Crippen LogP) is 2.67. The van der Waals surface area contributed by atoms with Crippen LogP contribution in [0.5, 0.6) is 0 Å². The summed E-state index contributed by atoms with van der Waals surface area (Å²) in [5, 5.41) is 0. The molecular weight excluding hydrogens is 464 g/mol. The van der Waals surface area contributed by atoms with E-state index in [0.717, 1.165) is 12.8 Å². The zero-order valence-corrected chi connectivity index (χ0v) is 19.0. The average molecular weight is 487 g/mol. The first-order chi connectivity index (χ1) is 13.1. The quantitative estimate of drug-likeness (QED) is 0.649. The Morgan fingerprint density at radius 1 is 0.964 bits per heavy atom. The lowest BCUT2D eigenvalue weighted by molar-refractivity contribution is 0.181. The van der Waals surface area contributed by atoms with E-state index in [9.17, 15) is 16.8 Å². The highest BCUT2D eigenvalue weighted by Gasteiger charge is 2.31. The molecule has 3 rings (SSSR count). The summed E-state index contributed by atoms with van der Waals surface area (Å²) in [5.74, 6) is 0. The van der Waals surface area contributed by atoms with Crippen molar-refractivity contribution in [2.24, 2.45) is 0 Å². The SMILES string of the molecule is Cc1ccccc1CN1CCN(S(=O)(=O)c2cc(S(C)(=O)=O)ccc2Br)CC1. The smallest absolute Gasteiger partial charge is 0.244 e. The molecular formula is C19H23BrN2O4S2. The van der Waals surface area contributed by atoms with Crippen molar-refractivity contribution in [1.82, 2.24) is 9.21 Å². The monoisotopic (exact) mass is 486 g/mol. The zero-order chi connectivity index (χ0) is 20.5. The molecule has 0 unspecified atom stereocenters. The van der Waals surface area contributed by atoms with Gasteiger partial charge in [-0.1, -0.05) is 24.3 Å². The topological polar surface area (TPSA) is 74.8 Å². The Morgan fingerprint density at radius 3 is 2.21 bits per heavy atom. The minimum atomic E-state index is -3.78. The van der Waals surface area contributed by atoms with Gasteiger partial charge in [-0.15, -0.1) is 0 Å². The molecule has 2 aromatic rings. The van der Waals surface area contributed by atoms with Crippen LogP contribution in [0, 0.1) is 6.92 Å². The number of benzene rings is 2. The summed E-state index contributed by atoms with van der Waals surface area (Å²) < 4.78 is 51.6. The van der Waals surface area contributed by atoms with E-state index in [1.807, 2.05) is 12.1 Å². The molecule has 28 heavy (non-hydrogen) atoms. The molecule has 9 heteroatoms. The number of hydrogen-bond acceptors (Lipinski definition) is 5. The van der Waals surface area contributed by atoms with Crippen LogP contribution in [0.2, 0.25) is 0 Å². The van der Waals surface area contributed by atoms with Gasteiger partial charge in [0.1, 0.15) is 0 Å². The summed E-state index contributed by atoms with van der Waals surface area (Å²) in [6.45, 7) is 4.83. The predicted molar refractivity (Wildman–Crippen MR) is 112 cm³/mol. The minimum Gasteiger partial charge on any atom is -0.296 e. The van der Waals surface area contributed by atoms with Crippen LogP contribution in [-0.4, -0.2) is 58.5 Å². The van der Waals surface area contributed by atoms with E-state index in [2.05, 4.69) is 39.9 Å². The number of rotatable bonds is 5. The van der Waals surface area contributed by atoms with Crippen molar-refractivity contribution >= 4 is 35.8 Å². The Kier molecular flexibility index (Phi) is 6.31. The maximum Gasteiger partial charge on any atom is 0.244 e. The van der Waals surface area contributed by atoms with Gasteiger partial charge in [-0.05, 0) is 52.2 Å². The molecule has 0 N–H and O–H groups in total. The van der Waals surface area contributed by atoms with Crippen molar-refractivity contribution in [3.8, 4) is 0 Å². The molecule has 0 aromatic heterocycles. The third-order valence-electron chi connectivity index (χ3n) is 4.94. The molecule has 0 radical (unpaired) electrons. The second kappa shape index (κ2) is 8.23. The van der Waals surface area contributed by atoms with Gasteiger partial charge in [0.2, 0.25) is 10.0 Å². The molecule has 0 amide bonds. The molecule has 0 bridgehead atoms. The molecule has 0 saturated carbocycles. The van der Waals surface area contributed by atoms with Crippen LogP contribution in [0.3, 0.4) is 0 Å². The largest absolute Gasteiger partial charge is 0.296 e. The fourth-order valence-electron chi connectivity index (χ4n) is 3.21. The normalized spacial score (nSPS) is 17.0. The van der Waals surface area contributed by atoms with E-state index in [0.29, 0.717) is 30.7 Å². The van der Waals surface area contributed by atoms with E-state index in [1.54, 1.807) is 0 Å². The summed E-state index contributed by atoms with van der Waals surface area (Å²) in [6, 6.07) is 12.3. The zero-order valence-electron chi connectivity index (χ0n) is 15.8. The van der Waals surface area contributed by atoms with Crippen LogP contribution in [-0.2, 0) is 26.4 Å². The molecule has 0 atom stereocenters. The van der Waals surface area contributed by atoms with Crippen molar-refractivity contribution in [1.29, 1.82) is 0 Å². The van der Waals surface area contributed by atoms with E-state index in [1.165, 1.54) is 33.6 Å². The van der Waals surface area contributed by atoms with Gasteiger partial charge in [-0.25, -0.2) is 16.8 Å². The van der Waals surface area contributed by atoms with Crippen LogP contribution in [0.1, 0.15) is 11.1 Å². The van der Waals surface area contributed by atoms with Gasteiger partial charge >= 0.3 is 0 Å². The number of hydrogen-bond donors (Lipinski definition) is 0. The van der Waals surface area contributed by atoms with Crippen molar-refractivity contribution in [2.75, 3.05) is 32.4 Å². The summed E-state index contributed by atoms with van der Waals surface area (Å²) in [4.78, 5) is 2.21. The Balaban J connectivity index is 1.76. The third kappa shape index (κ3) is 4.65. The summed E-state index contributed by atoms with van der Waals surface area (Å²) in [7, 11) is -7.28. The molecule has 6 nitrogen and oxygen atoms in total. The lowest BCUT2D eigenvalue weighted by atomic mass is 10.1. The first kappa shape index (κ1) is 21.4. The summed E-state index contributed by atoms with van der Waals surface area (Å²) >= 11 is 3.25. The van der Waals surface area contributed by atoms with Gasteiger partial charge in [-0.3, -0.25) is 4.90 Å². The summed E-state index contributed by atoms with van der Waals surface area (Å²) in [5.41, 5.74) is 2.46. The average Bonchev–Trinajstić information content (AvgIpc) is 2.63. The molecule has 0 aliphatic carbocycles. The maximum atomic E-state index is 13.1. The first-order valence-corrected chi connectivity index (χ1v) is 13.0. The van der Waals surface area contributed by atoms with Gasteiger partial charge < -0.3 is 0 Å². The molecule has 152 valence electrons. The maximum absolute atomic E-state index is 13.1. The molecule has 1 fully saturated rings. The number of nitrogens with zero attached hydrogens (tertiary/aromatic N) is 2. The fraction of sp³-hybridized carbons (Fsp3) is 0.368. The number of sulfonamides is 1. The van der Waals surface area contributed by atoms with E-state index in [4.69, 9.17) is 0 Å². The number of sulfone groups is 1. The van der Waals surface area contributed by atoms with Crippen molar-refractivity contribution in [3.63, 3.8) is 0 Å². The van der Waals surface area contributed by atoms with Crippen LogP contribution < -0.4 is 0 Å². The lowest BCUT2D eigenvalue weighted by Gasteiger charge is -2.34. The van der Waals surface area contributed by atoms with Crippen molar-refractivity contribution in [2.45, 2.75) is 23.3 Å². The number of aryl methyl sites for hydroxylation is 1. The lowest BCUT2D eigenvalue weighted by Crippen LogP contribution is -2.48. The Hall–Kier alpha value is -1.26. The second-order valence-electron chi connectivity index (χ2n) is 6.97. The van der Waals surface area contributed by atoms with Crippen molar-refractivity contribution in [3.05, 3.63) is 58.1 Å². The van der Waals surface area contributed by atoms with Gasteiger partial charge in [0.05, 0.1) is 9.79 Å². The third-order valence-corrected chi connectivity index (χ3v) is 8.94. The van der Waals surface area contributed by atoms with Gasteiger partial charge in [-0.2, -0.15) is 4.31 Å². The molecule has 1 aliphatic heterocycles. The molecule has 1 aliphatic rings. The highest BCUT2D eigenvalue weighted by Crippen LogP contribution is 2.28. The van der Waals surface area contributed by atoms with E-state index < -0.39 is 19.9 Å². The van der Waals surface area contributed by atoms with Crippen LogP contribution >= 0.6 is 15.9 Å². The molecule has 0 spiro atoms. The Morgan fingerprint density at radius 2 is 1.61 bits per heavy atom. The molecule has 1 saturated heterocycles. The number of piperazine rings is 1. The Bertz CT molecular complexity index is 1080. The van der Waals surface area contributed by atoms with Gasteiger partial charge in [0.25, 0.3) is 0 Å². The van der Waals surface area contributed by atoms with Crippen LogP contribution in [0.25, 0.3) is 0 Å².